The van der Waals surface area contributed by atoms with Crippen LogP contribution >= 0.6 is 0 Å². The molecule has 2 heterocycles. The van der Waals surface area contributed by atoms with Crippen LogP contribution in [0.15, 0.2) is 24.5 Å². The Bertz CT molecular complexity index is 325. The van der Waals surface area contributed by atoms with Gasteiger partial charge >= 0.3 is 0 Å². The van der Waals surface area contributed by atoms with Crippen LogP contribution in [0.5, 0.6) is 0 Å². The van der Waals surface area contributed by atoms with Gasteiger partial charge in [-0.3, -0.25) is 9.88 Å². The van der Waals surface area contributed by atoms with Gasteiger partial charge in [0.05, 0.1) is 0 Å². The topological polar surface area (TPSA) is 42.1 Å². The molecule has 1 aliphatic heterocycles. The van der Waals surface area contributed by atoms with Crippen molar-refractivity contribution in [2.75, 3.05) is 19.6 Å². The Hall–Kier alpha value is -0.930. The zero-order chi connectivity index (χ0) is 12.1. The fourth-order valence-electron chi connectivity index (χ4n) is 2.67. The van der Waals surface area contributed by atoms with Crippen LogP contribution in [0.25, 0.3) is 0 Å². The van der Waals surface area contributed by atoms with Crippen LogP contribution in [0.2, 0.25) is 0 Å². The van der Waals surface area contributed by atoms with Gasteiger partial charge in [-0.2, -0.15) is 0 Å². The van der Waals surface area contributed by atoms with Gasteiger partial charge in [-0.25, -0.2) is 0 Å². The predicted octanol–water partition coefficient (Wildman–Crippen LogP) is 2.20. The molecule has 0 bridgehead atoms. The molecule has 0 aromatic carbocycles. The molecule has 2 N–H and O–H groups in total. The number of rotatable bonds is 3. The average Bonchev–Trinajstić information content (AvgIpc) is 2.57. The van der Waals surface area contributed by atoms with E-state index in [4.69, 9.17) is 5.73 Å². The van der Waals surface area contributed by atoms with Crippen molar-refractivity contribution in [2.24, 2.45) is 11.7 Å². The summed E-state index contributed by atoms with van der Waals surface area (Å²) in [6.45, 7) is 5.37. The van der Waals surface area contributed by atoms with E-state index in [2.05, 4.69) is 22.9 Å². The Morgan fingerprint density at radius 1 is 1.47 bits per heavy atom. The monoisotopic (exact) mass is 233 g/mol. The van der Waals surface area contributed by atoms with E-state index in [0.717, 1.165) is 12.5 Å². The van der Waals surface area contributed by atoms with Crippen LogP contribution in [0.4, 0.5) is 0 Å². The maximum Gasteiger partial charge on any atom is 0.0485 e. The van der Waals surface area contributed by atoms with Crippen molar-refractivity contribution in [1.82, 2.24) is 9.88 Å². The number of likely N-dealkylation sites (tertiary alicyclic amines) is 1. The first-order chi connectivity index (χ1) is 8.31. The molecule has 2 rings (SSSR count). The number of hydrogen-bond acceptors (Lipinski definition) is 3. The van der Waals surface area contributed by atoms with Crippen molar-refractivity contribution < 1.29 is 0 Å². The van der Waals surface area contributed by atoms with Crippen molar-refractivity contribution in [3.8, 4) is 0 Å². The van der Waals surface area contributed by atoms with Crippen molar-refractivity contribution in [3.63, 3.8) is 0 Å². The lowest BCUT2D eigenvalue weighted by molar-refractivity contribution is 0.207. The molecule has 3 nitrogen and oxygen atoms in total. The summed E-state index contributed by atoms with van der Waals surface area (Å²) in [5, 5.41) is 0. The zero-order valence-corrected chi connectivity index (χ0v) is 10.7. The van der Waals surface area contributed by atoms with E-state index in [1.54, 1.807) is 0 Å². The molecule has 2 atom stereocenters. The molecule has 2 unspecified atom stereocenters. The van der Waals surface area contributed by atoms with E-state index >= 15 is 0 Å². The molecule has 1 aromatic heterocycles. The third-order valence-corrected chi connectivity index (χ3v) is 3.78. The summed E-state index contributed by atoms with van der Waals surface area (Å²) in [6, 6.07) is 4.48. The van der Waals surface area contributed by atoms with E-state index in [1.165, 1.54) is 31.4 Å². The molecule has 0 aliphatic carbocycles. The molecule has 3 heteroatoms. The van der Waals surface area contributed by atoms with Gasteiger partial charge in [-0.15, -0.1) is 0 Å². The molecule has 0 saturated carbocycles. The number of nitrogens with two attached hydrogens (primary N) is 1. The summed E-state index contributed by atoms with van der Waals surface area (Å²) in [5.41, 5.74) is 7.21. The Labute approximate surface area is 104 Å². The minimum atomic E-state index is 0.342. The lowest BCUT2D eigenvalue weighted by Gasteiger charge is -2.29. The second kappa shape index (κ2) is 6.12. The van der Waals surface area contributed by atoms with E-state index in [-0.39, 0.29) is 0 Å². The van der Waals surface area contributed by atoms with E-state index < -0.39 is 0 Å². The number of pyridine rings is 1. The van der Waals surface area contributed by atoms with Crippen LogP contribution in [-0.2, 0) is 0 Å². The second-order valence-electron chi connectivity index (χ2n) is 5.11. The standard InChI is InChI=1S/C14H23N3/c1-12-4-3-8-17(9-6-12)14(10-15)13-5-2-7-16-11-13/h2,5,7,11-12,14H,3-4,6,8-10,15H2,1H3. The molecule has 0 spiro atoms. The van der Waals surface area contributed by atoms with E-state index in [1.807, 2.05) is 18.5 Å². The molecule has 1 saturated heterocycles. The maximum absolute atomic E-state index is 5.95. The Balaban J connectivity index is 2.07. The molecule has 0 amide bonds. The van der Waals surface area contributed by atoms with Gasteiger partial charge in [-0.1, -0.05) is 13.0 Å². The van der Waals surface area contributed by atoms with Crippen LogP contribution < -0.4 is 5.73 Å². The third kappa shape index (κ3) is 3.27. The van der Waals surface area contributed by atoms with Gasteiger partial charge < -0.3 is 5.73 Å². The summed E-state index contributed by atoms with van der Waals surface area (Å²) in [6.07, 6.45) is 7.70. The molecule has 0 radical (unpaired) electrons. The maximum atomic E-state index is 5.95. The predicted molar refractivity (Wildman–Crippen MR) is 70.6 cm³/mol. The molecule has 1 fully saturated rings. The van der Waals surface area contributed by atoms with E-state index in [9.17, 15) is 0 Å². The van der Waals surface area contributed by atoms with Crippen LogP contribution in [0.3, 0.4) is 0 Å². The summed E-state index contributed by atoms with van der Waals surface area (Å²) in [4.78, 5) is 6.73. The summed E-state index contributed by atoms with van der Waals surface area (Å²) >= 11 is 0. The van der Waals surface area contributed by atoms with Crippen molar-refractivity contribution in [1.29, 1.82) is 0 Å². The van der Waals surface area contributed by atoms with Gasteiger partial charge in [-0.05, 0) is 49.9 Å². The van der Waals surface area contributed by atoms with Crippen LogP contribution in [0, 0.1) is 5.92 Å². The lowest BCUT2D eigenvalue weighted by Crippen LogP contribution is -2.34. The highest BCUT2D eigenvalue weighted by atomic mass is 15.2. The number of aromatic nitrogens is 1. The minimum Gasteiger partial charge on any atom is -0.329 e. The largest absolute Gasteiger partial charge is 0.329 e. The summed E-state index contributed by atoms with van der Waals surface area (Å²) in [7, 11) is 0. The second-order valence-corrected chi connectivity index (χ2v) is 5.11. The SMILES string of the molecule is CC1CCCN(C(CN)c2cccnc2)CC1. The smallest absolute Gasteiger partial charge is 0.0485 e. The zero-order valence-electron chi connectivity index (χ0n) is 10.7. The first-order valence-electron chi connectivity index (χ1n) is 6.65. The van der Waals surface area contributed by atoms with Crippen molar-refractivity contribution in [3.05, 3.63) is 30.1 Å². The molecule has 17 heavy (non-hydrogen) atoms. The number of nitrogens with zero attached hydrogens (tertiary/aromatic N) is 2. The molecular weight excluding hydrogens is 210 g/mol. The van der Waals surface area contributed by atoms with Crippen LogP contribution in [0.1, 0.15) is 37.8 Å². The fraction of sp³-hybridized carbons (Fsp3) is 0.643. The minimum absolute atomic E-state index is 0.342. The lowest BCUT2D eigenvalue weighted by atomic mass is 10.0. The molecular formula is C14H23N3. The van der Waals surface area contributed by atoms with Gasteiger partial charge in [0.1, 0.15) is 0 Å². The van der Waals surface area contributed by atoms with Crippen molar-refractivity contribution in [2.45, 2.75) is 32.2 Å². The quantitative estimate of drug-likeness (QED) is 0.870. The fourth-order valence-corrected chi connectivity index (χ4v) is 2.67. The highest BCUT2D eigenvalue weighted by Crippen LogP contribution is 2.24. The van der Waals surface area contributed by atoms with Crippen molar-refractivity contribution >= 4 is 0 Å². The highest BCUT2D eigenvalue weighted by molar-refractivity contribution is 5.14. The Kier molecular flexibility index (Phi) is 4.51. The van der Waals surface area contributed by atoms with Gasteiger partial charge in [0.25, 0.3) is 0 Å². The normalized spacial score (nSPS) is 24.2. The first kappa shape index (κ1) is 12.5. The molecule has 1 aromatic rings. The Morgan fingerprint density at radius 2 is 2.35 bits per heavy atom. The highest BCUT2D eigenvalue weighted by Gasteiger charge is 2.21. The third-order valence-electron chi connectivity index (χ3n) is 3.78. The molecule has 1 aliphatic rings. The number of hydrogen-bond donors (Lipinski definition) is 1. The van der Waals surface area contributed by atoms with E-state index in [0.29, 0.717) is 12.6 Å². The van der Waals surface area contributed by atoms with Gasteiger partial charge in [0, 0.05) is 25.0 Å². The summed E-state index contributed by atoms with van der Waals surface area (Å²) < 4.78 is 0. The molecule has 94 valence electrons. The van der Waals surface area contributed by atoms with Crippen LogP contribution in [-0.4, -0.2) is 29.5 Å². The van der Waals surface area contributed by atoms with Gasteiger partial charge in [0.15, 0.2) is 0 Å². The Morgan fingerprint density at radius 3 is 3.06 bits per heavy atom. The summed E-state index contributed by atoms with van der Waals surface area (Å²) in [5.74, 6) is 0.854. The average molecular weight is 233 g/mol. The van der Waals surface area contributed by atoms with Gasteiger partial charge in [0.2, 0.25) is 0 Å². The first-order valence-corrected chi connectivity index (χ1v) is 6.65.